The van der Waals surface area contributed by atoms with Crippen molar-refractivity contribution < 1.29 is 19.5 Å². The van der Waals surface area contributed by atoms with Crippen LogP contribution in [0.25, 0.3) is 0 Å². The number of halogens is 3. The molecule has 146 valence electrons. The number of carbonyl (C=O) groups is 3. The molecule has 1 fully saturated rings. The lowest BCUT2D eigenvalue weighted by Crippen LogP contribution is -2.53. The van der Waals surface area contributed by atoms with Crippen LogP contribution >= 0.6 is 35.3 Å². The molecule has 1 aliphatic heterocycles. The highest BCUT2D eigenvalue weighted by Crippen LogP contribution is 2.22. The van der Waals surface area contributed by atoms with Crippen molar-refractivity contribution >= 4 is 64.6 Å². The van der Waals surface area contributed by atoms with Gasteiger partial charge in [0.15, 0.2) is 5.71 Å². The van der Waals surface area contributed by atoms with Crippen LogP contribution in [0.5, 0.6) is 5.88 Å². The number of barbiturate groups is 1. The summed E-state index contributed by atoms with van der Waals surface area (Å²) in [5.41, 5.74) is -4.49. The van der Waals surface area contributed by atoms with Crippen molar-refractivity contribution in [2.24, 2.45) is 10.9 Å². The maximum Gasteiger partial charge on any atom is 0.364 e. The Morgan fingerprint density at radius 1 is 1.04 bits per heavy atom. The Labute approximate surface area is 166 Å². The van der Waals surface area contributed by atoms with Gasteiger partial charge in [-0.15, -0.1) is 0 Å². The van der Waals surface area contributed by atoms with E-state index in [0.29, 0.717) is 11.0 Å². The summed E-state index contributed by atoms with van der Waals surface area (Å²) in [6.07, 6.45) is 0.610. The van der Waals surface area contributed by atoms with Gasteiger partial charge >= 0.3 is 23.5 Å². The molecule has 14 heteroatoms. The number of rotatable bonds is 4. The highest BCUT2D eigenvalue weighted by Gasteiger charge is 2.43. The zero-order valence-electron chi connectivity index (χ0n) is 13.8. The molecular weight excluding hydrogens is 429 g/mol. The first-order chi connectivity index (χ1) is 12.5. The van der Waals surface area contributed by atoms with Crippen LogP contribution in [-0.2, 0) is 16.1 Å². The summed E-state index contributed by atoms with van der Waals surface area (Å²) in [6.45, 7) is 3.48. The van der Waals surface area contributed by atoms with E-state index < -0.39 is 46.4 Å². The predicted molar refractivity (Wildman–Crippen MR) is 93.0 cm³/mol. The fourth-order valence-electron chi connectivity index (χ4n) is 2.03. The van der Waals surface area contributed by atoms with E-state index in [1.165, 1.54) is 0 Å². The molecule has 0 aliphatic carbocycles. The van der Waals surface area contributed by atoms with Gasteiger partial charge in [-0.25, -0.2) is 14.6 Å². The van der Waals surface area contributed by atoms with Crippen LogP contribution in [0.4, 0.5) is 10.5 Å². The van der Waals surface area contributed by atoms with Crippen LogP contribution < -0.4 is 16.4 Å². The van der Waals surface area contributed by atoms with Crippen molar-refractivity contribution in [3.05, 3.63) is 20.8 Å². The van der Waals surface area contributed by atoms with Crippen LogP contribution in [0.2, 0.25) is 0 Å². The molecule has 0 N–H and O–H groups in total. The van der Waals surface area contributed by atoms with Crippen molar-refractivity contribution in [3.8, 4) is 5.88 Å². The van der Waals surface area contributed by atoms with E-state index in [4.69, 9.17) is 35.3 Å². The fourth-order valence-corrected chi connectivity index (χ4v) is 2.55. The maximum atomic E-state index is 12.5. The highest BCUT2D eigenvalue weighted by molar-refractivity contribution is 6.74. The zero-order chi connectivity index (χ0) is 20.6. The third-order valence-electron chi connectivity index (χ3n) is 3.74. The molecular formula is C13H11Cl3N5O6-. The Morgan fingerprint density at radius 2 is 1.56 bits per heavy atom. The Bertz CT molecular complexity index is 958. The molecule has 1 aromatic heterocycles. The van der Waals surface area contributed by atoms with Gasteiger partial charge in [0.2, 0.25) is 0 Å². The Hall–Kier alpha value is -2.37. The molecule has 4 amide bonds. The van der Waals surface area contributed by atoms with E-state index >= 15 is 0 Å². The van der Waals surface area contributed by atoms with E-state index in [1.807, 2.05) is 6.92 Å². The number of amides is 4. The van der Waals surface area contributed by atoms with Crippen LogP contribution in [0.3, 0.4) is 0 Å². The number of urea groups is 1. The Balaban J connectivity index is 2.72. The molecule has 11 nitrogen and oxygen atoms in total. The topological polar surface area (TPSA) is 137 Å². The van der Waals surface area contributed by atoms with E-state index in [0.717, 1.165) is 0 Å². The molecule has 1 unspecified atom stereocenters. The monoisotopic (exact) mass is 438 g/mol. The molecule has 0 bridgehead atoms. The Kier molecular flexibility index (Phi) is 5.97. The second kappa shape index (κ2) is 7.71. The lowest BCUT2D eigenvalue weighted by molar-refractivity contribution is -0.279. The van der Waals surface area contributed by atoms with Crippen molar-refractivity contribution in [1.29, 1.82) is 0 Å². The maximum absolute atomic E-state index is 12.5. The fraction of sp³-hybridized carbons (Fsp3) is 0.385. The van der Waals surface area contributed by atoms with Gasteiger partial charge in [0.25, 0.3) is 5.56 Å². The average Bonchev–Trinajstić information content (AvgIpc) is 2.65. The van der Waals surface area contributed by atoms with Gasteiger partial charge in [0.1, 0.15) is 5.69 Å². The lowest BCUT2D eigenvalue weighted by Gasteiger charge is -2.24. The number of hydrogen-bond acceptors (Lipinski definition) is 7. The summed E-state index contributed by atoms with van der Waals surface area (Å²) in [5, 5.41) is 12.5. The van der Waals surface area contributed by atoms with Crippen molar-refractivity contribution in [3.63, 3.8) is 0 Å². The minimum absolute atomic E-state index is 0.0495. The third kappa shape index (κ3) is 3.57. The van der Waals surface area contributed by atoms with Crippen molar-refractivity contribution in [1.82, 2.24) is 17.5 Å². The average molecular weight is 440 g/mol. The first-order valence-electron chi connectivity index (χ1n) is 7.39. The first-order valence-corrected chi connectivity index (χ1v) is 8.40. The normalized spacial score (nSPS) is 16.2. The van der Waals surface area contributed by atoms with Crippen LogP contribution in [0, 0.1) is 5.92 Å². The van der Waals surface area contributed by atoms with Gasteiger partial charge in [-0.3, -0.25) is 14.4 Å². The Morgan fingerprint density at radius 3 is 2.04 bits per heavy atom. The SMILES string of the molecule is CCC(C)Cn1c([O-])c(N=C2C(=O)N(Cl)C(=O)N(Cl)C2=O)c(=O)n(Cl)c1=O. The summed E-state index contributed by atoms with van der Waals surface area (Å²) in [6, 6.07) is -1.36. The predicted octanol–water partition coefficient (Wildman–Crippen LogP) is 0.302. The smallest absolute Gasteiger partial charge is 0.364 e. The van der Waals surface area contributed by atoms with E-state index in [9.17, 15) is 29.1 Å². The summed E-state index contributed by atoms with van der Waals surface area (Å²) in [7, 11) is 0. The van der Waals surface area contributed by atoms with Gasteiger partial charge in [0, 0.05) is 47.8 Å². The molecule has 1 aromatic rings. The van der Waals surface area contributed by atoms with Gasteiger partial charge in [-0.05, 0) is 5.92 Å². The van der Waals surface area contributed by atoms with Crippen LogP contribution in [0.1, 0.15) is 20.3 Å². The molecule has 27 heavy (non-hydrogen) atoms. The van der Waals surface area contributed by atoms with E-state index in [1.54, 1.807) is 6.92 Å². The summed E-state index contributed by atoms with van der Waals surface area (Å²) in [4.78, 5) is 63.2. The summed E-state index contributed by atoms with van der Waals surface area (Å²) >= 11 is 16.5. The van der Waals surface area contributed by atoms with Gasteiger partial charge in [-0.1, -0.05) is 20.3 Å². The van der Waals surface area contributed by atoms with Crippen LogP contribution in [-0.4, -0.2) is 41.0 Å². The highest BCUT2D eigenvalue weighted by atomic mass is 35.5. The van der Waals surface area contributed by atoms with Gasteiger partial charge < -0.3 is 9.67 Å². The first kappa shape index (κ1) is 20.9. The minimum Gasteiger partial charge on any atom is -0.858 e. The molecule has 1 saturated heterocycles. The van der Waals surface area contributed by atoms with E-state index in [-0.39, 0.29) is 25.4 Å². The van der Waals surface area contributed by atoms with Crippen molar-refractivity contribution in [2.45, 2.75) is 26.8 Å². The third-order valence-corrected chi connectivity index (χ3v) is 4.63. The standard InChI is InChI=1S/C13H12Cl3N5O6/c1-3-5(2)4-18-8(22)6(9(23)19(14)12(18)26)17-7-10(24)20(15)13(27)21(16)11(7)25/h5,22H,3-4H2,1-2H3/p-1. The minimum atomic E-state index is -1.40. The summed E-state index contributed by atoms with van der Waals surface area (Å²) < 4.78 is 0.656. The second-order valence-electron chi connectivity index (χ2n) is 5.56. The second-order valence-corrected chi connectivity index (χ2v) is 6.58. The molecule has 0 aromatic carbocycles. The van der Waals surface area contributed by atoms with E-state index in [2.05, 4.69) is 4.99 Å². The molecule has 2 rings (SSSR count). The quantitative estimate of drug-likeness (QED) is 0.619. The van der Waals surface area contributed by atoms with Crippen LogP contribution in [0.15, 0.2) is 14.6 Å². The number of imide groups is 2. The number of aliphatic imine (C=N–C) groups is 1. The molecule has 0 radical (unpaired) electrons. The van der Waals surface area contributed by atoms with Gasteiger partial charge in [-0.2, -0.15) is 12.9 Å². The largest absolute Gasteiger partial charge is 0.858 e. The zero-order valence-corrected chi connectivity index (χ0v) is 16.1. The number of nitrogens with zero attached hydrogens (tertiary/aromatic N) is 5. The summed E-state index contributed by atoms with van der Waals surface area (Å²) in [5.74, 6) is -4.09. The molecule has 0 saturated carbocycles. The molecule has 1 atom stereocenters. The molecule has 0 spiro atoms. The molecule has 1 aliphatic rings. The van der Waals surface area contributed by atoms with Crippen molar-refractivity contribution in [2.75, 3.05) is 0 Å². The number of aromatic nitrogens is 2. The molecule has 2 heterocycles. The number of hydrogen-bond donors (Lipinski definition) is 0. The van der Waals surface area contributed by atoms with Gasteiger partial charge in [0.05, 0.1) is 0 Å². The number of carbonyl (C=O) groups excluding carboxylic acids is 3. The lowest BCUT2D eigenvalue weighted by atomic mass is 10.1.